The monoisotopic (exact) mass is 235 g/mol. The molecule has 0 atom stereocenters. The first-order valence-electron chi connectivity index (χ1n) is 5.65. The van der Waals surface area contributed by atoms with Gasteiger partial charge in [0.05, 0.1) is 11.0 Å². The Bertz CT molecular complexity index is 778. The van der Waals surface area contributed by atoms with E-state index in [0.717, 1.165) is 22.1 Å². The Balaban J connectivity index is 2.18. The van der Waals surface area contributed by atoms with Crippen LogP contribution in [0.1, 0.15) is 0 Å². The van der Waals surface area contributed by atoms with Gasteiger partial charge in [0, 0.05) is 11.4 Å². The lowest BCUT2D eigenvalue weighted by Crippen LogP contribution is -2.33. The van der Waals surface area contributed by atoms with Crippen LogP contribution >= 0.6 is 0 Å². The van der Waals surface area contributed by atoms with E-state index in [4.69, 9.17) is 0 Å². The van der Waals surface area contributed by atoms with Gasteiger partial charge >= 0.3 is 0 Å². The zero-order chi connectivity index (χ0) is 11.9. The number of para-hydroxylation sites is 1. The van der Waals surface area contributed by atoms with Crippen LogP contribution in [0.5, 0.6) is 0 Å². The summed E-state index contributed by atoms with van der Waals surface area (Å²) in [6.45, 7) is 0. The van der Waals surface area contributed by atoms with Crippen LogP contribution in [0, 0.1) is 0 Å². The Morgan fingerprint density at radius 3 is 3.00 bits per heavy atom. The smallest absolute Gasteiger partial charge is 0.177 e. The van der Waals surface area contributed by atoms with Crippen LogP contribution in [0.25, 0.3) is 5.82 Å². The van der Waals surface area contributed by atoms with Crippen molar-refractivity contribution in [2.24, 2.45) is 10.1 Å². The molecule has 5 nitrogen and oxygen atoms in total. The minimum atomic E-state index is 0.704. The van der Waals surface area contributed by atoms with Crippen LogP contribution < -0.4 is 20.9 Å². The van der Waals surface area contributed by atoms with Crippen molar-refractivity contribution in [3.8, 4) is 0 Å². The maximum absolute atomic E-state index is 4.61. The molecule has 2 aliphatic heterocycles. The molecule has 0 saturated heterocycles. The van der Waals surface area contributed by atoms with Gasteiger partial charge in [0.1, 0.15) is 12.2 Å². The second-order valence-corrected chi connectivity index (χ2v) is 4.05. The van der Waals surface area contributed by atoms with E-state index in [1.165, 1.54) is 0 Å². The number of nitrogens with zero attached hydrogens (tertiary/aromatic N) is 4. The molecule has 18 heavy (non-hydrogen) atoms. The van der Waals surface area contributed by atoms with Gasteiger partial charge in [-0.2, -0.15) is 5.10 Å². The predicted octanol–water partition coefficient (Wildman–Crippen LogP) is 0.465. The van der Waals surface area contributed by atoms with Crippen molar-refractivity contribution in [2.75, 3.05) is 4.90 Å². The molecule has 1 N–H and O–H groups in total. The molecule has 0 radical (unpaired) electrons. The third-order valence-electron chi connectivity index (χ3n) is 3.00. The zero-order valence-electron chi connectivity index (χ0n) is 9.41. The standard InChI is InChI=1S/C13H9N5/c1-2-5-10-9(4-1)13-17-15-8-18(13)11-6-3-7-14-12(11)16-10/h1-8,17H. The number of fused-ring (bicyclic) bond motifs is 4. The molecule has 0 amide bonds. The van der Waals surface area contributed by atoms with E-state index in [-0.39, 0.29) is 0 Å². The lowest BCUT2D eigenvalue weighted by molar-refractivity contribution is 1.01. The van der Waals surface area contributed by atoms with Gasteiger partial charge in [-0.05, 0) is 24.3 Å². The van der Waals surface area contributed by atoms with Crippen molar-refractivity contribution in [3.63, 3.8) is 0 Å². The summed E-state index contributed by atoms with van der Waals surface area (Å²) >= 11 is 0. The molecule has 4 rings (SSSR count). The zero-order valence-corrected chi connectivity index (χ0v) is 9.41. The summed E-state index contributed by atoms with van der Waals surface area (Å²) in [5.41, 5.74) is 3.95. The van der Waals surface area contributed by atoms with Crippen LogP contribution in [0.15, 0.2) is 52.7 Å². The quantitative estimate of drug-likeness (QED) is 0.722. The highest BCUT2D eigenvalue weighted by molar-refractivity contribution is 5.97. The highest BCUT2D eigenvalue weighted by Gasteiger charge is 2.21. The Kier molecular flexibility index (Phi) is 1.77. The van der Waals surface area contributed by atoms with Crippen molar-refractivity contribution in [2.45, 2.75) is 0 Å². The summed E-state index contributed by atoms with van der Waals surface area (Å²) < 4.78 is 0. The molecule has 3 heterocycles. The first-order valence-corrected chi connectivity index (χ1v) is 5.65. The summed E-state index contributed by atoms with van der Waals surface area (Å²) in [7, 11) is 0. The van der Waals surface area contributed by atoms with Gasteiger partial charge in [0.15, 0.2) is 5.82 Å². The lowest BCUT2D eigenvalue weighted by Gasteiger charge is -2.15. The predicted molar refractivity (Wildman–Crippen MR) is 68.6 cm³/mol. The molecule has 0 saturated carbocycles. The van der Waals surface area contributed by atoms with Crippen LogP contribution in [0.3, 0.4) is 0 Å². The maximum Gasteiger partial charge on any atom is 0.177 e. The molecule has 1 aromatic heterocycles. The number of rotatable bonds is 0. The van der Waals surface area contributed by atoms with Crippen LogP contribution in [0.4, 0.5) is 11.5 Å². The fourth-order valence-corrected chi connectivity index (χ4v) is 2.18. The van der Waals surface area contributed by atoms with Crippen LogP contribution in [-0.2, 0) is 0 Å². The molecule has 2 aromatic rings. The molecular formula is C13H9N5. The second-order valence-electron chi connectivity index (χ2n) is 4.05. The minimum Gasteiger partial charge on any atom is -0.280 e. The van der Waals surface area contributed by atoms with Crippen LogP contribution in [-0.4, -0.2) is 11.3 Å². The van der Waals surface area contributed by atoms with E-state index in [1.807, 2.05) is 41.3 Å². The summed E-state index contributed by atoms with van der Waals surface area (Å²) in [5.74, 6) is 1.62. The van der Waals surface area contributed by atoms with E-state index in [2.05, 4.69) is 20.5 Å². The highest BCUT2D eigenvalue weighted by Crippen LogP contribution is 2.28. The molecule has 0 spiro atoms. The van der Waals surface area contributed by atoms with Gasteiger partial charge in [0.25, 0.3) is 0 Å². The molecule has 5 heteroatoms. The number of hydrazone groups is 1. The minimum absolute atomic E-state index is 0.704. The fourth-order valence-electron chi connectivity index (χ4n) is 2.18. The van der Waals surface area contributed by atoms with E-state index in [9.17, 15) is 0 Å². The summed E-state index contributed by atoms with van der Waals surface area (Å²) in [4.78, 5) is 10.9. The average Bonchev–Trinajstić information content (AvgIpc) is 2.84. The van der Waals surface area contributed by atoms with E-state index in [0.29, 0.717) is 5.82 Å². The SMILES string of the molecule is C1=NNC2=c3ccccc3=Nc3ncccc3N12. The Hall–Kier alpha value is -2.69. The third-order valence-corrected chi connectivity index (χ3v) is 3.00. The Morgan fingerprint density at radius 1 is 1.06 bits per heavy atom. The first-order chi connectivity index (χ1) is 8.93. The van der Waals surface area contributed by atoms with Crippen LogP contribution in [0.2, 0.25) is 0 Å². The summed E-state index contributed by atoms with van der Waals surface area (Å²) in [6, 6.07) is 11.8. The summed E-state index contributed by atoms with van der Waals surface area (Å²) in [6.07, 6.45) is 3.49. The van der Waals surface area contributed by atoms with Gasteiger partial charge < -0.3 is 0 Å². The van der Waals surface area contributed by atoms with Gasteiger partial charge in [0.2, 0.25) is 0 Å². The van der Waals surface area contributed by atoms with Crippen molar-refractivity contribution < 1.29 is 0 Å². The number of aromatic nitrogens is 1. The molecule has 0 fully saturated rings. The van der Waals surface area contributed by atoms with E-state index in [1.54, 1.807) is 12.5 Å². The summed E-state index contributed by atoms with van der Waals surface area (Å²) in [5, 5.41) is 6.03. The number of hydrogen-bond donors (Lipinski definition) is 1. The number of anilines is 1. The highest BCUT2D eigenvalue weighted by atomic mass is 15.5. The molecule has 2 aliphatic rings. The van der Waals surface area contributed by atoms with E-state index >= 15 is 0 Å². The first kappa shape index (κ1) is 9.35. The number of hydrogen-bond acceptors (Lipinski definition) is 5. The largest absolute Gasteiger partial charge is 0.280 e. The lowest BCUT2D eigenvalue weighted by atomic mass is 10.2. The van der Waals surface area contributed by atoms with Gasteiger partial charge in [-0.3, -0.25) is 10.3 Å². The maximum atomic E-state index is 4.61. The number of benzene rings is 1. The molecule has 0 aliphatic carbocycles. The van der Waals surface area contributed by atoms with Crippen molar-refractivity contribution in [1.29, 1.82) is 0 Å². The van der Waals surface area contributed by atoms with Gasteiger partial charge in [-0.15, -0.1) is 0 Å². The molecule has 0 unspecified atom stereocenters. The third kappa shape index (κ3) is 1.18. The van der Waals surface area contributed by atoms with Crippen molar-refractivity contribution in [3.05, 3.63) is 53.2 Å². The molecule has 1 aromatic carbocycles. The van der Waals surface area contributed by atoms with Crippen molar-refractivity contribution in [1.82, 2.24) is 10.4 Å². The topological polar surface area (TPSA) is 52.9 Å². The Morgan fingerprint density at radius 2 is 2.00 bits per heavy atom. The van der Waals surface area contributed by atoms with Gasteiger partial charge in [-0.1, -0.05) is 12.1 Å². The Labute approximate surface area is 103 Å². The van der Waals surface area contributed by atoms with Gasteiger partial charge in [-0.25, -0.2) is 9.98 Å². The fraction of sp³-hybridized carbons (Fsp3) is 0. The number of nitrogens with one attached hydrogen (secondary N) is 1. The molecule has 0 bridgehead atoms. The number of pyridine rings is 1. The molecule has 86 valence electrons. The second kappa shape index (κ2) is 3.40. The van der Waals surface area contributed by atoms with E-state index < -0.39 is 0 Å². The average molecular weight is 235 g/mol. The normalized spacial score (nSPS) is 15.1. The molecular weight excluding hydrogens is 226 g/mol. The van der Waals surface area contributed by atoms with Crippen molar-refractivity contribution >= 4 is 23.7 Å².